The second-order valence-electron chi connectivity index (χ2n) is 6.24. The van der Waals surface area contributed by atoms with E-state index in [1.807, 2.05) is 39.1 Å². The molecule has 6 heteroatoms. The van der Waals surface area contributed by atoms with Gasteiger partial charge in [-0.15, -0.1) is 0 Å². The van der Waals surface area contributed by atoms with Crippen LogP contribution < -0.4 is 19.5 Å². The van der Waals surface area contributed by atoms with Gasteiger partial charge in [0, 0.05) is 18.7 Å². The lowest BCUT2D eigenvalue weighted by Crippen LogP contribution is -2.06. The molecular weight excluding hydrogens is 330 g/mol. The lowest BCUT2D eigenvalue weighted by molar-refractivity contribution is 0.241. The van der Waals surface area contributed by atoms with E-state index >= 15 is 0 Å². The van der Waals surface area contributed by atoms with Crippen molar-refractivity contribution in [1.82, 2.24) is 9.97 Å². The molecule has 0 bridgehead atoms. The molecule has 26 heavy (non-hydrogen) atoms. The van der Waals surface area contributed by atoms with Crippen LogP contribution in [0.4, 0.5) is 5.82 Å². The van der Waals surface area contributed by atoms with Crippen molar-refractivity contribution in [2.24, 2.45) is 0 Å². The summed E-state index contributed by atoms with van der Waals surface area (Å²) in [7, 11) is 3.44. The fourth-order valence-corrected chi connectivity index (χ4v) is 2.53. The van der Waals surface area contributed by atoms with Crippen molar-refractivity contribution in [1.29, 1.82) is 0 Å². The molecule has 6 nitrogen and oxygen atoms in total. The maximum Gasteiger partial charge on any atom is 0.257 e. The maximum absolute atomic E-state index is 5.75. The summed E-state index contributed by atoms with van der Waals surface area (Å²) in [6.45, 7) is 6.79. The van der Waals surface area contributed by atoms with Gasteiger partial charge in [-0.1, -0.05) is 19.8 Å². The number of nitrogens with one attached hydrogen (secondary N) is 1. The molecule has 1 aromatic heterocycles. The van der Waals surface area contributed by atoms with Crippen LogP contribution in [0.1, 0.15) is 40.0 Å². The molecule has 0 aliphatic heterocycles. The lowest BCUT2D eigenvalue weighted by atomic mass is 10.1. The number of unbranched alkanes of at least 4 members (excludes halogenated alkanes) is 2. The van der Waals surface area contributed by atoms with Gasteiger partial charge in [-0.2, -0.15) is 0 Å². The van der Waals surface area contributed by atoms with Crippen molar-refractivity contribution in [3.8, 4) is 28.6 Å². The Balaban J connectivity index is 2.25. The number of rotatable bonds is 10. The van der Waals surface area contributed by atoms with Gasteiger partial charge in [0.2, 0.25) is 0 Å². The molecule has 0 aliphatic carbocycles. The van der Waals surface area contributed by atoms with E-state index in [-0.39, 0.29) is 6.10 Å². The van der Waals surface area contributed by atoms with Crippen LogP contribution in [0.2, 0.25) is 0 Å². The summed E-state index contributed by atoms with van der Waals surface area (Å²) in [5.74, 6) is 2.59. The number of methoxy groups -OCH3 is 1. The monoisotopic (exact) mass is 359 g/mol. The zero-order valence-electron chi connectivity index (χ0n) is 16.3. The van der Waals surface area contributed by atoms with E-state index in [1.165, 1.54) is 0 Å². The lowest BCUT2D eigenvalue weighted by Gasteiger charge is -2.15. The summed E-state index contributed by atoms with van der Waals surface area (Å²) in [4.78, 5) is 9.08. The minimum atomic E-state index is 0.102. The third kappa shape index (κ3) is 5.25. The quantitative estimate of drug-likeness (QED) is 0.628. The van der Waals surface area contributed by atoms with E-state index in [0.29, 0.717) is 29.7 Å². The molecule has 0 spiro atoms. The Kier molecular flexibility index (Phi) is 7.51. The normalized spacial score (nSPS) is 10.7. The second-order valence-corrected chi connectivity index (χ2v) is 6.24. The van der Waals surface area contributed by atoms with E-state index < -0.39 is 0 Å². The molecule has 2 rings (SSSR count). The number of aromatic nitrogens is 2. The molecule has 142 valence electrons. The zero-order chi connectivity index (χ0) is 18.9. The summed E-state index contributed by atoms with van der Waals surface area (Å²) in [6, 6.07) is 5.71. The molecule has 0 saturated carbocycles. The third-order valence-corrected chi connectivity index (χ3v) is 3.78. The predicted octanol–water partition coefficient (Wildman–Crippen LogP) is 4.55. The van der Waals surface area contributed by atoms with Crippen LogP contribution in [0.3, 0.4) is 0 Å². The first-order chi connectivity index (χ1) is 12.6. The van der Waals surface area contributed by atoms with Crippen LogP contribution in [0.25, 0.3) is 11.3 Å². The number of nitrogens with zero attached hydrogens (tertiary/aromatic N) is 2. The standard InChI is InChI=1S/C20H29N3O3/c1-6-7-8-11-25-20-19(21-4)23-17(13-22-20)16-10-9-15(26-14(2)3)12-18(16)24-5/h9-10,12-14H,6-8,11H2,1-5H3,(H,21,23). The Labute approximate surface area is 155 Å². The highest BCUT2D eigenvalue weighted by Gasteiger charge is 2.14. The first-order valence-electron chi connectivity index (χ1n) is 9.11. The van der Waals surface area contributed by atoms with Crippen molar-refractivity contribution in [3.05, 3.63) is 24.4 Å². The van der Waals surface area contributed by atoms with Crippen LogP contribution in [0.15, 0.2) is 24.4 Å². The van der Waals surface area contributed by atoms with Gasteiger partial charge in [-0.3, -0.25) is 0 Å². The largest absolute Gasteiger partial charge is 0.496 e. The highest BCUT2D eigenvalue weighted by atomic mass is 16.5. The molecule has 0 aliphatic rings. The second kappa shape index (κ2) is 9.85. The minimum Gasteiger partial charge on any atom is -0.496 e. The average Bonchev–Trinajstić information content (AvgIpc) is 2.64. The molecule has 1 heterocycles. The van der Waals surface area contributed by atoms with E-state index in [1.54, 1.807) is 13.3 Å². The molecule has 0 fully saturated rings. The average molecular weight is 359 g/mol. The summed E-state index contributed by atoms with van der Waals surface area (Å²) < 4.78 is 17.0. The van der Waals surface area contributed by atoms with Crippen LogP contribution in [0.5, 0.6) is 17.4 Å². The number of hydrogen-bond acceptors (Lipinski definition) is 6. The van der Waals surface area contributed by atoms with Gasteiger partial charge in [-0.05, 0) is 32.4 Å². The van der Waals surface area contributed by atoms with Crippen molar-refractivity contribution >= 4 is 5.82 Å². The Morgan fingerprint density at radius 2 is 2.00 bits per heavy atom. The Morgan fingerprint density at radius 3 is 2.65 bits per heavy atom. The van der Waals surface area contributed by atoms with Crippen molar-refractivity contribution in [3.63, 3.8) is 0 Å². The topological polar surface area (TPSA) is 65.5 Å². The zero-order valence-corrected chi connectivity index (χ0v) is 16.3. The molecule has 1 N–H and O–H groups in total. The van der Waals surface area contributed by atoms with Crippen molar-refractivity contribution in [2.75, 3.05) is 26.1 Å². The van der Waals surface area contributed by atoms with Gasteiger partial charge in [0.05, 0.1) is 31.7 Å². The van der Waals surface area contributed by atoms with Gasteiger partial charge < -0.3 is 19.5 Å². The van der Waals surface area contributed by atoms with Crippen LogP contribution in [-0.4, -0.2) is 36.8 Å². The number of anilines is 1. The Bertz CT molecular complexity index is 705. The fourth-order valence-electron chi connectivity index (χ4n) is 2.53. The highest BCUT2D eigenvalue weighted by molar-refractivity contribution is 5.69. The third-order valence-electron chi connectivity index (χ3n) is 3.78. The summed E-state index contributed by atoms with van der Waals surface area (Å²) in [6.07, 6.45) is 5.11. The Hall–Kier alpha value is -2.50. The smallest absolute Gasteiger partial charge is 0.257 e. The van der Waals surface area contributed by atoms with Crippen molar-refractivity contribution in [2.45, 2.75) is 46.1 Å². The molecule has 0 atom stereocenters. The molecule has 0 unspecified atom stereocenters. The highest BCUT2D eigenvalue weighted by Crippen LogP contribution is 2.34. The van der Waals surface area contributed by atoms with Crippen LogP contribution in [-0.2, 0) is 0 Å². The van der Waals surface area contributed by atoms with Crippen molar-refractivity contribution < 1.29 is 14.2 Å². The number of ether oxygens (including phenoxy) is 3. The van der Waals surface area contributed by atoms with Gasteiger partial charge in [0.1, 0.15) is 11.5 Å². The molecular formula is C20H29N3O3. The summed E-state index contributed by atoms with van der Waals surface area (Å²) >= 11 is 0. The molecule has 0 amide bonds. The molecule has 0 radical (unpaired) electrons. The summed E-state index contributed by atoms with van der Waals surface area (Å²) in [5.41, 5.74) is 1.56. The van der Waals surface area contributed by atoms with Gasteiger partial charge in [0.25, 0.3) is 5.88 Å². The number of hydrogen-bond donors (Lipinski definition) is 1. The maximum atomic E-state index is 5.75. The summed E-state index contributed by atoms with van der Waals surface area (Å²) in [5, 5.41) is 3.06. The van der Waals surface area contributed by atoms with E-state index in [2.05, 4.69) is 22.2 Å². The van der Waals surface area contributed by atoms with E-state index in [9.17, 15) is 0 Å². The van der Waals surface area contributed by atoms with Crippen LogP contribution >= 0.6 is 0 Å². The fraction of sp³-hybridized carbons (Fsp3) is 0.500. The molecule has 0 saturated heterocycles. The SMILES string of the molecule is CCCCCOc1ncc(-c2ccc(OC(C)C)cc2OC)nc1NC. The predicted molar refractivity (Wildman–Crippen MR) is 104 cm³/mol. The van der Waals surface area contributed by atoms with Gasteiger partial charge >= 0.3 is 0 Å². The van der Waals surface area contributed by atoms with Crippen LogP contribution in [0, 0.1) is 0 Å². The molecule has 2 aromatic rings. The minimum absolute atomic E-state index is 0.102. The number of benzene rings is 1. The van der Waals surface area contributed by atoms with Gasteiger partial charge in [-0.25, -0.2) is 9.97 Å². The molecule has 1 aromatic carbocycles. The van der Waals surface area contributed by atoms with E-state index in [4.69, 9.17) is 14.2 Å². The Morgan fingerprint density at radius 1 is 1.19 bits per heavy atom. The first kappa shape index (κ1) is 19.8. The first-order valence-corrected chi connectivity index (χ1v) is 9.11. The van der Waals surface area contributed by atoms with Gasteiger partial charge in [0.15, 0.2) is 5.82 Å². The van der Waals surface area contributed by atoms with E-state index in [0.717, 1.165) is 30.6 Å².